The molecule has 3 amide bonds. The number of urea groups is 1. The minimum Gasteiger partial charge on any atom is -0.488 e. The number of likely N-dealkylation sites (tertiary alicyclic amines) is 1. The van der Waals surface area contributed by atoms with Gasteiger partial charge in [0.1, 0.15) is 16.9 Å². The third-order valence-electron chi connectivity index (χ3n) is 4.72. The number of rotatable bonds is 6. The molecule has 1 fully saturated rings. The maximum atomic E-state index is 14.0. The lowest BCUT2D eigenvalue weighted by Crippen LogP contribution is -2.30. The van der Waals surface area contributed by atoms with Gasteiger partial charge in [-0.1, -0.05) is 0 Å². The van der Waals surface area contributed by atoms with Crippen molar-refractivity contribution in [1.82, 2.24) is 4.90 Å². The fourth-order valence-corrected chi connectivity index (χ4v) is 4.32. The summed E-state index contributed by atoms with van der Waals surface area (Å²) < 4.78 is 33.9. The van der Waals surface area contributed by atoms with Crippen LogP contribution in [0.3, 0.4) is 0 Å². The number of anilines is 1. The maximum Gasteiger partial charge on any atom is 0.317 e. The van der Waals surface area contributed by atoms with E-state index in [1.807, 2.05) is 0 Å². The molecule has 1 unspecified atom stereocenters. The van der Waals surface area contributed by atoms with Crippen molar-refractivity contribution in [1.29, 1.82) is 0 Å². The molecule has 7 nitrogen and oxygen atoms in total. The number of benzene rings is 1. The second kappa shape index (κ2) is 8.34. The van der Waals surface area contributed by atoms with E-state index in [1.54, 1.807) is 0 Å². The lowest BCUT2D eigenvalue weighted by molar-refractivity contribution is 0.100. The molecular formula is C19H22F2N4O3S. The summed E-state index contributed by atoms with van der Waals surface area (Å²) in [7, 11) is 0. The number of carbonyl (C=O) groups excluding carboxylic acids is 2. The zero-order valence-electron chi connectivity index (χ0n) is 16.0. The van der Waals surface area contributed by atoms with Crippen molar-refractivity contribution in [3.8, 4) is 16.2 Å². The molecule has 0 spiro atoms. The molecule has 3 rings (SSSR count). The number of nitrogens with one attached hydrogen (secondary N) is 1. The fraction of sp³-hybridized carbons (Fsp3) is 0.368. The summed E-state index contributed by atoms with van der Waals surface area (Å²) in [6.45, 7) is 5.67. The number of primary amides is 2. The van der Waals surface area contributed by atoms with E-state index in [9.17, 15) is 18.4 Å². The van der Waals surface area contributed by atoms with Crippen molar-refractivity contribution in [3.63, 3.8) is 0 Å². The lowest BCUT2D eigenvalue weighted by Gasteiger charge is -2.21. The third kappa shape index (κ3) is 4.65. The van der Waals surface area contributed by atoms with Gasteiger partial charge >= 0.3 is 6.03 Å². The summed E-state index contributed by atoms with van der Waals surface area (Å²) in [5.41, 5.74) is 10.8. The highest BCUT2D eigenvalue weighted by Crippen LogP contribution is 2.41. The van der Waals surface area contributed by atoms with Gasteiger partial charge in [0.15, 0.2) is 11.6 Å². The summed E-state index contributed by atoms with van der Waals surface area (Å²) in [6.07, 6.45) is 0.571. The van der Waals surface area contributed by atoms with Crippen LogP contribution in [-0.4, -0.2) is 42.1 Å². The zero-order chi connectivity index (χ0) is 21.3. The molecule has 1 aromatic heterocycles. The molecule has 1 aliphatic rings. The number of ether oxygens (including phenoxy) is 1. The molecule has 29 heavy (non-hydrogen) atoms. The number of thiophene rings is 1. The molecular weight excluding hydrogens is 402 g/mol. The molecule has 2 aromatic rings. The second-order valence-corrected chi connectivity index (χ2v) is 8.14. The van der Waals surface area contributed by atoms with Gasteiger partial charge < -0.3 is 16.2 Å². The van der Waals surface area contributed by atoms with Crippen LogP contribution in [0.1, 0.15) is 30.6 Å². The Hall–Kier alpha value is -2.72. The average molecular weight is 424 g/mol. The third-order valence-corrected chi connectivity index (χ3v) is 5.81. The Morgan fingerprint density at radius 3 is 2.52 bits per heavy atom. The molecule has 1 aromatic carbocycles. The maximum absolute atomic E-state index is 14.0. The van der Waals surface area contributed by atoms with Crippen LogP contribution in [-0.2, 0) is 0 Å². The quantitative estimate of drug-likeness (QED) is 0.661. The van der Waals surface area contributed by atoms with Crippen LogP contribution in [0.4, 0.5) is 18.6 Å². The molecule has 156 valence electrons. The molecule has 0 aliphatic carbocycles. The molecule has 5 N–H and O–H groups in total. The monoisotopic (exact) mass is 424 g/mol. The van der Waals surface area contributed by atoms with Crippen molar-refractivity contribution in [2.24, 2.45) is 11.5 Å². The number of halogens is 2. The molecule has 0 bridgehead atoms. The van der Waals surface area contributed by atoms with E-state index in [0.29, 0.717) is 17.5 Å². The van der Waals surface area contributed by atoms with Crippen LogP contribution in [0.2, 0.25) is 0 Å². The summed E-state index contributed by atoms with van der Waals surface area (Å²) in [5.74, 6) is -2.72. The largest absolute Gasteiger partial charge is 0.488 e. The number of hydrogen-bond donors (Lipinski definition) is 3. The van der Waals surface area contributed by atoms with Gasteiger partial charge in [0.05, 0.1) is 5.56 Å². The van der Waals surface area contributed by atoms with E-state index in [1.165, 1.54) is 6.07 Å². The number of hydrogen-bond acceptors (Lipinski definition) is 5. The fourth-order valence-electron chi connectivity index (χ4n) is 3.23. The Labute approximate surface area is 170 Å². The van der Waals surface area contributed by atoms with Crippen LogP contribution < -0.4 is 21.5 Å². The molecule has 1 aliphatic heterocycles. The first-order valence-corrected chi connectivity index (χ1v) is 9.87. The summed E-state index contributed by atoms with van der Waals surface area (Å²) in [6, 6.07) is 2.87. The Bertz CT molecular complexity index is 948. The van der Waals surface area contributed by atoms with Crippen molar-refractivity contribution in [2.45, 2.75) is 32.4 Å². The average Bonchev–Trinajstić information content (AvgIpc) is 3.24. The number of nitrogens with zero attached hydrogens (tertiary/aromatic N) is 1. The predicted molar refractivity (Wildman–Crippen MR) is 107 cm³/mol. The Balaban J connectivity index is 1.98. The molecule has 2 heterocycles. The first kappa shape index (κ1) is 21.0. The molecule has 1 saturated heterocycles. The Kier molecular flexibility index (Phi) is 6.04. The molecule has 0 saturated carbocycles. The van der Waals surface area contributed by atoms with E-state index in [0.717, 1.165) is 36.4 Å². The smallest absolute Gasteiger partial charge is 0.317 e. The predicted octanol–water partition coefficient (Wildman–Crippen LogP) is 3.14. The van der Waals surface area contributed by atoms with Gasteiger partial charge in [0.25, 0.3) is 5.91 Å². The Morgan fingerprint density at radius 2 is 1.93 bits per heavy atom. The first-order valence-electron chi connectivity index (χ1n) is 9.06. The highest BCUT2D eigenvalue weighted by molar-refractivity contribution is 7.20. The topological polar surface area (TPSA) is 111 Å². The summed E-state index contributed by atoms with van der Waals surface area (Å²) in [5, 5.41) is 2.45. The van der Waals surface area contributed by atoms with Crippen molar-refractivity contribution < 1.29 is 23.1 Å². The van der Waals surface area contributed by atoms with Crippen LogP contribution in [0.15, 0.2) is 18.2 Å². The van der Waals surface area contributed by atoms with Gasteiger partial charge in [-0.05, 0) is 32.4 Å². The van der Waals surface area contributed by atoms with Crippen LogP contribution in [0.25, 0.3) is 10.4 Å². The van der Waals surface area contributed by atoms with Crippen molar-refractivity contribution in [3.05, 3.63) is 35.4 Å². The van der Waals surface area contributed by atoms with Crippen LogP contribution >= 0.6 is 11.3 Å². The van der Waals surface area contributed by atoms with Gasteiger partial charge in [-0.3, -0.25) is 15.0 Å². The molecule has 0 radical (unpaired) electrons. The molecule has 10 heteroatoms. The van der Waals surface area contributed by atoms with Gasteiger partial charge in [0.2, 0.25) is 0 Å². The SMILES string of the molecule is CC(C)N1CCC(Oc2cc(F)c(F)cc2-c2cc(C(N)=O)c(NC(N)=O)s2)C1. The van der Waals surface area contributed by atoms with E-state index < -0.39 is 23.6 Å². The second-order valence-electron chi connectivity index (χ2n) is 7.09. The highest BCUT2D eigenvalue weighted by Gasteiger charge is 2.27. The van der Waals surface area contributed by atoms with Crippen LogP contribution in [0, 0.1) is 11.6 Å². The number of amides is 3. The van der Waals surface area contributed by atoms with E-state index in [2.05, 4.69) is 24.1 Å². The first-order chi connectivity index (χ1) is 13.7. The molecule has 1 atom stereocenters. The van der Waals surface area contributed by atoms with Crippen molar-refractivity contribution >= 4 is 28.3 Å². The van der Waals surface area contributed by atoms with E-state index in [4.69, 9.17) is 16.2 Å². The van der Waals surface area contributed by atoms with Gasteiger partial charge in [0, 0.05) is 35.6 Å². The number of carbonyl (C=O) groups is 2. The normalized spacial score (nSPS) is 16.9. The standard InChI is InChI=1S/C19H22F2N4O3S/c1-9(2)25-4-3-10(8-25)28-15-7-14(21)13(20)5-11(15)16-6-12(17(22)26)18(29-16)24-19(23)27/h5-7,9-10H,3-4,8H2,1-2H3,(H2,22,26)(H3,23,24,27). The minimum atomic E-state index is -1.05. The van der Waals surface area contributed by atoms with E-state index >= 15 is 0 Å². The van der Waals surface area contributed by atoms with Gasteiger partial charge in [-0.15, -0.1) is 11.3 Å². The van der Waals surface area contributed by atoms with Gasteiger partial charge in [-0.25, -0.2) is 13.6 Å². The minimum absolute atomic E-state index is 0.0198. The van der Waals surface area contributed by atoms with Crippen molar-refractivity contribution in [2.75, 3.05) is 18.4 Å². The lowest BCUT2D eigenvalue weighted by atomic mass is 10.1. The van der Waals surface area contributed by atoms with Gasteiger partial charge in [-0.2, -0.15) is 0 Å². The summed E-state index contributed by atoms with van der Waals surface area (Å²) >= 11 is 0.969. The van der Waals surface area contributed by atoms with Crippen LogP contribution in [0.5, 0.6) is 5.75 Å². The Morgan fingerprint density at radius 1 is 1.24 bits per heavy atom. The highest BCUT2D eigenvalue weighted by atomic mass is 32.1. The zero-order valence-corrected chi connectivity index (χ0v) is 16.8. The number of nitrogens with two attached hydrogens (primary N) is 2. The summed E-state index contributed by atoms with van der Waals surface area (Å²) in [4.78, 5) is 25.5. The van der Waals surface area contributed by atoms with E-state index in [-0.39, 0.29) is 28.0 Å².